The van der Waals surface area contributed by atoms with E-state index in [0.717, 1.165) is 23.7 Å². The molecule has 1 aliphatic rings. The van der Waals surface area contributed by atoms with Gasteiger partial charge >= 0.3 is 0 Å². The van der Waals surface area contributed by atoms with E-state index in [1.54, 1.807) is 6.26 Å². The fraction of sp³-hybridized carbons (Fsp3) is 0.473. The van der Waals surface area contributed by atoms with Crippen molar-refractivity contribution in [3.63, 3.8) is 0 Å². The summed E-state index contributed by atoms with van der Waals surface area (Å²) >= 11 is 6.17. The highest BCUT2D eigenvalue weighted by molar-refractivity contribution is 7.00. The van der Waals surface area contributed by atoms with Crippen LogP contribution in [0.25, 0.3) is 0 Å². The molecule has 0 amide bonds. The van der Waals surface area contributed by atoms with Crippen LogP contribution in [0.4, 0.5) is 0 Å². The van der Waals surface area contributed by atoms with Crippen LogP contribution in [-0.2, 0) is 23.9 Å². The van der Waals surface area contributed by atoms with E-state index in [4.69, 9.17) is 39.0 Å². The van der Waals surface area contributed by atoms with Crippen LogP contribution >= 0.6 is 11.6 Å². The molecule has 1 fully saturated rings. The number of hydrogen-bond donors (Lipinski definition) is 1. The zero-order valence-electron chi connectivity index (χ0n) is 41.1. The van der Waals surface area contributed by atoms with Gasteiger partial charge in [0.1, 0.15) is 18.1 Å². The summed E-state index contributed by atoms with van der Waals surface area (Å²) in [5.74, 6) is 0.625. The lowest BCUT2D eigenvalue weighted by atomic mass is 9.93. The second kappa shape index (κ2) is 22.8. The molecule has 0 bridgehead atoms. The maximum atomic E-state index is 12.0. The third-order valence-electron chi connectivity index (χ3n) is 14.0. The molecule has 2 heterocycles. The average molecular weight is 967 g/mol. The van der Waals surface area contributed by atoms with Crippen molar-refractivity contribution in [3.8, 4) is 0 Å². The number of alkyl halides is 1. The molecule has 66 heavy (non-hydrogen) atoms. The van der Waals surface area contributed by atoms with Crippen molar-refractivity contribution in [1.29, 1.82) is 0 Å². The minimum absolute atomic E-state index is 0.170. The Balaban J connectivity index is 1.26. The smallest absolute Gasteiger partial charge is 0.261 e. The molecule has 4 aromatic carbocycles. The molecule has 0 unspecified atom stereocenters. The van der Waals surface area contributed by atoms with Crippen molar-refractivity contribution in [2.24, 2.45) is 0 Å². The Morgan fingerprint density at radius 2 is 1.20 bits per heavy atom. The van der Waals surface area contributed by atoms with Crippen molar-refractivity contribution < 1.29 is 27.5 Å². The van der Waals surface area contributed by atoms with Crippen molar-refractivity contribution in [2.75, 3.05) is 6.61 Å². The van der Waals surface area contributed by atoms with Crippen LogP contribution in [0, 0.1) is 0 Å². The van der Waals surface area contributed by atoms with Crippen LogP contribution < -0.4 is 20.7 Å². The molecule has 7 nitrogen and oxygen atoms in total. The maximum absolute atomic E-state index is 12.0. The molecule has 0 aliphatic carbocycles. The van der Waals surface area contributed by atoms with E-state index in [1.165, 1.54) is 20.7 Å². The third-order valence-corrected chi connectivity index (χ3v) is 29.0. The van der Waals surface area contributed by atoms with Crippen molar-refractivity contribution in [2.45, 2.75) is 159 Å². The predicted octanol–water partition coefficient (Wildman–Crippen LogP) is 11.6. The summed E-state index contributed by atoms with van der Waals surface area (Å²) in [6.07, 6.45) is 2.52. The van der Waals surface area contributed by atoms with Crippen LogP contribution in [0.2, 0.25) is 28.2 Å². The molecule has 1 aliphatic heterocycles. The summed E-state index contributed by atoms with van der Waals surface area (Å²) < 4.78 is 35.2. The number of ether oxygens (including phenoxy) is 1. The lowest BCUT2D eigenvalue weighted by molar-refractivity contribution is -0.108. The van der Waals surface area contributed by atoms with Gasteiger partial charge in [-0.1, -0.05) is 196 Å². The quantitative estimate of drug-likeness (QED) is 0.0420. The van der Waals surface area contributed by atoms with Gasteiger partial charge in [0.05, 0.1) is 36.9 Å². The van der Waals surface area contributed by atoms with E-state index in [0.29, 0.717) is 50.3 Å². The SMILES string of the molecule is C=C(C[C@H](O)C[C@@H]1C[C@@H](O[Si](c2ccccc2)(c2ccccc2)C(C)(C)C)C[C@H](c2coc(CCl)n2)O1)C[C@H](CO[Si](c1ccccc1)(c1ccccc1)C(C)(C)C)O[Si](CC)(CC)CC. The Hall–Kier alpha value is -3.43. The lowest BCUT2D eigenvalue weighted by Crippen LogP contribution is -2.68. The summed E-state index contributed by atoms with van der Waals surface area (Å²) in [7, 11) is -7.82. The van der Waals surface area contributed by atoms with Crippen LogP contribution in [0.15, 0.2) is 144 Å². The second-order valence-corrected chi connectivity index (χ2v) is 34.0. The van der Waals surface area contributed by atoms with E-state index >= 15 is 0 Å². The highest BCUT2D eigenvalue weighted by Crippen LogP contribution is 2.43. The first-order chi connectivity index (χ1) is 31.5. The summed E-state index contributed by atoms with van der Waals surface area (Å²) in [4.78, 5) is 4.72. The molecule has 0 radical (unpaired) electrons. The molecule has 5 atom stereocenters. The Kier molecular flexibility index (Phi) is 17.9. The largest absolute Gasteiger partial charge is 0.447 e. The maximum Gasteiger partial charge on any atom is 0.261 e. The number of nitrogens with zero attached hydrogens (tertiary/aromatic N) is 1. The van der Waals surface area contributed by atoms with Gasteiger partial charge in [-0.15, -0.1) is 11.6 Å². The van der Waals surface area contributed by atoms with Gasteiger partial charge in [-0.25, -0.2) is 4.98 Å². The van der Waals surface area contributed by atoms with Crippen LogP contribution in [0.5, 0.6) is 0 Å². The van der Waals surface area contributed by atoms with Crippen LogP contribution in [0.1, 0.15) is 112 Å². The Labute approximate surface area is 404 Å². The van der Waals surface area contributed by atoms with Crippen LogP contribution in [0.3, 0.4) is 0 Å². The lowest BCUT2D eigenvalue weighted by Gasteiger charge is -2.47. The number of oxazole rings is 1. The van der Waals surface area contributed by atoms with Crippen molar-refractivity contribution >= 4 is 57.3 Å². The Morgan fingerprint density at radius 3 is 1.62 bits per heavy atom. The van der Waals surface area contributed by atoms with E-state index < -0.39 is 37.2 Å². The topological polar surface area (TPSA) is 83.2 Å². The van der Waals surface area contributed by atoms with Crippen LogP contribution in [-0.4, -0.2) is 66.1 Å². The molecular weight excluding hydrogens is 890 g/mol. The minimum Gasteiger partial charge on any atom is -0.447 e. The van der Waals surface area contributed by atoms with E-state index in [2.05, 4.69) is 190 Å². The van der Waals surface area contributed by atoms with Crippen molar-refractivity contribution in [3.05, 3.63) is 151 Å². The summed E-state index contributed by atoms with van der Waals surface area (Å²) in [6, 6.07) is 46.2. The summed E-state index contributed by atoms with van der Waals surface area (Å²) in [6.45, 7) is 25.7. The van der Waals surface area contributed by atoms with Gasteiger partial charge in [0.25, 0.3) is 16.6 Å². The number of rotatable bonds is 22. The number of hydrogen-bond acceptors (Lipinski definition) is 7. The molecule has 11 heteroatoms. The fourth-order valence-corrected chi connectivity index (χ4v) is 22.8. The predicted molar refractivity (Wildman–Crippen MR) is 280 cm³/mol. The molecule has 356 valence electrons. The monoisotopic (exact) mass is 965 g/mol. The van der Waals surface area contributed by atoms with Gasteiger partial charge < -0.3 is 27.5 Å². The molecule has 1 saturated heterocycles. The standard InChI is InChI=1S/C55H76ClNO6Si3/c1-11-64(12-2,13-3)62-46(40-60-65(54(5,6)7,47-26-18-14-19-27-47)48-28-20-15-21-29-48)35-42(4)34-43(58)36-44-37-45(38-52(61-44)51-41-59-53(39-56)57-51)63-66(55(8,9)10,49-30-22-16-23-31-49)50-32-24-17-25-33-50/h14-33,41,43-46,52,58H,4,11-13,34-40H2,1-3,5-10H3/t43-,44+,45+,46+,52+/m0/s1. The van der Waals surface area contributed by atoms with Gasteiger partial charge in [0.15, 0.2) is 8.32 Å². The Bertz CT molecular complexity index is 2140. The number of aliphatic hydroxyl groups excluding tert-OH is 1. The molecule has 0 saturated carbocycles. The zero-order chi connectivity index (χ0) is 47.6. The third kappa shape index (κ3) is 11.9. The number of benzene rings is 4. The van der Waals surface area contributed by atoms with E-state index in [1.807, 2.05) is 0 Å². The zero-order valence-corrected chi connectivity index (χ0v) is 44.9. The highest BCUT2D eigenvalue weighted by Gasteiger charge is 2.53. The fourth-order valence-electron chi connectivity index (χ4n) is 10.5. The molecule has 1 N–H and O–H groups in total. The minimum atomic E-state index is -2.91. The molecular formula is C55H76ClNO6Si3. The van der Waals surface area contributed by atoms with E-state index in [-0.39, 0.29) is 34.3 Å². The van der Waals surface area contributed by atoms with Crippen molar-refractivity contribution in [1.82, 2.24) is 4.98 Å². The first-order valence-corrected chi connectivity index (χ1v) is 31.1. The normalized spacial score (nSPS) is 18.5. The highest BCUT2D eigenvalue weighted by atomic mass is 35.5. The van der Waals surface area contributed by atoms with Gasteiger partial charge in [-0.3, -0.25) is 0 Å². The number of aromatic nitrogens is 1. The van der Waals surface area contributed by atoms with Gasteiger partial charge in [-0.05, 0) is 74.6 Å². The first-order valence-electron chi connectivity index (χ1n) is 24.2. The Morgan fingerprint density at radius 1 is 0.727 bits per heavy atom. The molecule has 1 aromatic heterocycles. The van der Waals surface area contributed by atoms with Gasteiger partial charge in [0.2, 0.25) is 5.89 Å². The van der Waals surface area contributed by atoms with Gasteiger partial charge in [0, 0.05) is 6.42 Å². The van der Waals surface area contributed by atoms with Gasteiger partial charge in [-0.2, -0.15) is 0 Å². The number of halogens is 1. The molecule has 5 aromatic rings. The summed E-state index contributed by atoms with van der Waals surface area (Å²) in [5.41, 5.74) is 1.64. The second-order valence-electron chi connectivity index (χ2n) is 20.4. The average Bonchev–Trinajstić information content (AvgIpc) is 3.80. The molecule has 6 rings (SSSR count). The first kappa shape index (κ1) is 52.0. The van der Waals surface area contributed by atoms with E-state index in [9.17, 15) is 5.11 Å². The molecule has 0 spiro atoms. The number of aliphatic hydroxyl groups is 1. The summed E-state index contributed by atoms with van der Waals surface area (Å²) in [5, 5.41) is 16.6.